The number of rotatable bonds is 4. The topological polar surface area (TPSA) is 32.3 Å². The van der Waals surface area contributed by atoms with E-state index < -0.39 is 0 Å². The molecule has 0 saturated heterocycles. The van der Waals surface area contributed by atoms with Crippen molar-refractivity contribution >= 4 is 5.91 Å². The molecule has 3 nitrogen and oxygen atoms in total. The number of hydrogen-bond donors (Lipinski definition) is 1. The summed E-state index contributed by atoms with van der Waals surface area (Å²) in [6.45, 7) is 0.814. The molecule has 0 aromatic heterocycles. The highest BCUT2D eigenvalue weighted by molar-refractivity contribution is 5.78. The second-order valence-electron chi connectivity index (χ2n) is 3.11. The van der Waals surface area contributed by atoms with Gasteiger partial charge in [-0.3, -0.25) is 4.79 Å². The number of amides is 1. The second kappa shape index (κ2) is 4.13. The summed E-state index contributed by atoms with van der Waals surface area (Å²) in [6.07, 6.45) is 7.47. The number of likely N-dealkylation sites (N-methyl/N-ethyl adjacent to an activating group) is 1. The first-order chi connectivity index (χ1) is 5.74. The van der Waals surface area contributed by atoms with Gasteiger partial charge >= 0.3 is 0 Å². The highest BCUT2D eigenvalue weighted by Crippen LogP contribution is 2.17. The molecule has 0 radical (unpaired) electrons. The maximum atomic E-state index is 11.2. The van der Waals surface area contributed by atoms with Crippen LogP contribution in [0.25, 0.3) is 0 Å². The summed E-state index contributed by atoms with van der Waals surface area (Å²) in [5, 5.41) is 3.14. The van der Waals surface area contributed by atoms with E-state index in [2.05, 4.69) is 11.2 Å². The molecule has 66 valence electrons. The van der Waals surface area contributed by atoms with E-state index in [1.807, 2.05) is 0 Å². The van der Waals surface area contributed by atoms with Crippen LogP contribution in [0.4, 0.5) is 0 Å². The SMILES string of the molecule is C#CCN(C)C(=O)CNC1CC1. The highest BCUT2D eigenvalue weighted by atomic mass is 16.2. The first-order valence-electron chi connectivity index (χ1n) is 4.15. The Morgan fingerprint density at radius 3 is 2.92 bits per heavy atom. The smallest absolute Gasteiger partial charge is 0.237 e. The lowest BCUT2D eigenvalue weighted by Gasteiger charge is -2.13. The summed E-state index contributed by atoms with van der Waals surface area (Å²) in [6, 6.07) is 0.577. The van der Waals surface area contributed by atoms with Crippen molar-refractivity contribution < 1.29 is 4.79 Å². The van der Waals surface area contributed by atoms with Crippen LogP contribution in [0.3, 0.4) is 0 Å². The minimum atomic E-state index is 0.0693. The summed E-state index contributed by atoms with van der Waals surface area (Å²) < 4.78 is 0. The molecule has 0 aliphatic heterocycles. The fourth-order valence-corrected chi connectivity index (χ4v) is 0.879. The summed E-state index contributed by atoms with van der Waals surface area (Å²) in [7, 11) is 1.72. The van der Waals surface area contributed by atoms with Crippen LogP contribution in [0.15, 0.2) is 0 Å². The molecule has 1 aliphatic rings. The molecule has 1 saturated carbocycles. The van der Waals surface area contributed by atoms with E-state index in [9.17, 15) is 4.79 Å². The molecule has 1 rings (SSSR count). The first-order valence-corrected chi connectivity index (χ1v) is 4.15. The van der Waals surface area contributed by atoms with Crippen molar-refractivity contribution in [1.29, 1.82) is 0 Å². The van der Waals surface area contributed by atoms with Crippen molar-refractivity contribution in [3.05, 3.63) is 0 Å². The number of nitrogens with zero attached hydrogens (tertiary/aromatic N) is 1. The average molecular weight is 166 g/mol. The zero-order valence-corrected chi connectivity index (χ0v) is 7.34. The van der Waals surface area contributed by atoms with Crippen molar-refractivity contribution in [1.82, 2.24) is 10.2 Å². The van der Waals surface area contributed by atoms with Gasteiger partial charge in [0, 0.05) is 13.1 Å². The van der Waals surface area contributed by atoms with Crippen LogP contribution in [0.1, 0.15) is 12.8 Å². The van der Waals surface area contributed by atoms with Crippen molar-refractivity contribution in [3.63, 3.8) is 0 Å². The summed E-state index contributed by atoms with van der Waals surface area (Å²) in [4.78, 5) is 12.8. The molecule has 0 aromatic carbocycles. The number of carbonyl (C=O) groups excluding carboxylic acids is 1. The molecule has 0 heterocycles. The van der Waals surface area contributed by atoms with E-state index >= 15 is 0 Å². The van der Waals surface area contributed by atoms with Crippen LogP contribution in [-0.4, -0.2) is 37.0 Å². The van der Waals surface area contributed by atoms with Gasteiger partial charge in [0.15, 0.2) is 0 Å². The zero-order valence-electron chi connectivity index (χ0n) is 7.34. The van der Waals surface area contributed by atoms with Crippen LogP contribution in [0, 0.1) is 12.3 Å². The molecule has 0 spiro atoms. The molecule has 0 aromatic rings. The molecular formula is C9H14N2O. The van der Waals surface area contributed by atoms with Crippen molar-refractivity contribution in [2.75, 3.05) is 20.1 Å². The molecule has 1 aliphatic carbocycles. The van der Waals surface area contributed by atoms with Gasteiger partial charge in [0.2, 0.25) is 5.91 Å². The zero-order chi connectivity index (χ0) is 8.97. The molecule has 3 heteroatoms. The van der Waals surface area contributed by atoms with Crippen LogP contribution in [-0.2, 0) is 4.79 Å². The number of carbonyl (C=O) groups is 1. The van der Waals surface area contributed by atoms with Gasteiger partial charge in [-0.15, -0.1) is 6.42 Å². The normalized spacial score (nSPS) is 15.3. The number of nitrogens with one attached hydrogen (secondary N) is 1. The van der Waals surface area contributed by atoms with E-state index in [1.165, 1.54) is 12.8 Å². The minimum Gasteiger partial charge on any atom is -0.334 e. The van der Waals surface area contributed by atoms with Gasteiger partial charge in [-0.1, -0.05) is 5.92 Å². The summed E-state index contributed by atoms with van der Waals surface area (Å²) in [5.74, 6) is 2.50. The van der Waals surface area contributed by atoms with Gasteiger partial charge < -0.3 is 10.2 Å². The van der Waals surface area contributed by atoms with Gasteiger partial charge in [-0.2, -0.15) is 0 Å². The monoisotopic (exact) mass is 166 g/mol. The minimum absolute atomic E-state index is 0.0693. The Balaban J connectivity index is 2.13. The van der Waals surface area contributed by atoms with Crippen LogP contribution < -0.4 is 5.32 Å². The van der Waals surface area contributed by atoms with Crippen molar-refractivity contribution in [3.8, 4) is 12.3 Å². The van der Waals surface area contributed by atoms with Crippen LogP contribution >= 0.6 is 0 Å². The predicted octanol–water partition coefficient (Wildman–Crippen LogP) is -0.170. The Morgan fingerprint density at radius 2 is 2.42 bits per heavy atom. The fourth-order valence-electron chi connectivity index (χ4n) is 0.879. The summed E-state index contributed by atoms with van der Waals surface area (Å²) >= 11 is 0. The number of terminal acetylenes is 1. The molecular weight excluding hydrogens is 152 g/mol. The third kappa shape index (κ3) is 2.93. The molecule has 0 unspecified atom stereocenters. The second-order valence-corrected chi connectivity index (χ2v) is 3.11. The van der Waals surface area contributed by atoms with Gasteiger partial charge in [-0.25, -0.2) is 0 Å². The van der Waals surface area contributed by atoms with E-state index in [0.717, 1.165) is 0 Å². The van der Waals surface area contributed by atoms with E-state index in [-0.39, 0.29) is 5.91 Å². The molecule has 1 fully saturated rings. The van der Waals surface area contributed by atoms with Gasteiger partial charge in [0.25, 0.3) is 0 Å². The third-order valence-electron chi connectivity index (χ3n) is 1.87. The largest absolute Gasteiger partial charge is 0.334 e. The predicted molar refractivity (Wildman–Crippen MR) is 47.5 cm³/mol. The molecule has 0 bridgehead atoms. The van der Waals surface area contributed by atoms with Crippen molar-refractivity contribution in [2.45, 2.75) is 18.9 Å². The Kier molecular flexibility index (Phi) is 3.12. The fraction of sp³-hybridized carbons (Fsp3) is 0.667. The number of hydrogen-bond acceptors (Lipinski definition) is 2. The standard InChI is InChI=1S/C9H14N2O/c1-3-6-11(2)9(12)7-10-8-4-5-8/h1,8,10H,4-7H2,2H3. The molecule has 12 heavy (non-hydrogen) atoms. The molecule has 1 amide bonds. The van der Waals surface area contributed by atoms with Gasteiger partial charge in [0.1, 0.15) is 0 Å². The highest BCUT2D eigenvalue weighted by Gasteiger charge is 2.21. The molecule has 1 N–H and O–H groups in total. The van der Waals surface area contributed by atoms with Gasteiger partial charge in [-0.05, 0) is 12.8 Å². The maximum absolute atomic E-state index is 11.2. The lowest BCUT2D eigenvalue weighted by molar-refractivity contribution is -0.128. The lowest BCUT2D eigenvalue weighted by Crippen LogP contribution is -2.36. The van der Waals surface area contributed by atoms with E-state index in [1.54, 1.807) is 11.9 Å². The Morgan fingerprint density at radius 1 is 1.75 bits per heavy atom. The van der Waals surface area contributed by atoms with Crippen LogP contribution in [0.2, 0.25) is 0 Å². The molecule has 0 atom stereocenters. The van der Waals surface area contributed by atoms with E-state index in [0.29, 0.717) is 19.1 Å². The first kappa shape index (κ1) is 9.08. The summed E-state index contributed by atoms with van der Waals surface area (Å²) in [5.41, 5.74) is 0. The third-order valence-corrected chi connectivity index (χ3v) is 1.87. The quantitative estimate of drug-likeness (QED) is 0.588. The average Bonchev–Trinajstić information content (AvgIpc) is 2.83. The van der Waals surface area contributed by atoms with E-state index in [4.69, 9.17) is 6.42 Å². The Labute approximate surface area is 73.1 Å². The lowest BCUT2D eigenvalue weighted by atomic mass is 10.4. The van der Waals surface area contributed by atoms with Gasteiger partial charge in [0.05, 0.1) is 13.1 Å². The van der Waals surface area contributed by atoms with Crippen molar-refractivity contribution in [2.24, 2.45) is 0 Å². The Hall–Kier alpha value is -1.01. The van der Waals surface area contributed by atoms with Crippen LogP contribution in [0.5, 0.6) is 0 Å². The Bertz CT molecular complexity index is 203. The maximum Gasteiger partial charge on any atom is 0.237 e.